The molecule has 84 valence electrons. The summed E-state index contributed by atoms with van der Waals surface area (Å²) in [4.78, 5) is 0. The number of rotatable bonds is 3. The highest BCUT2D eigenvalue weighted by molar-refractivity contribution is 5.26. The highest BCUT2D eigenvalue weighted by Crippen LogP contribution is 2.30. The first-order chi connectivity index (χ1) is 6.93. The van der Waals surface area contributed by atoms with Crippen molar-refractivity contribution >= 4 is 0 Å². The first kappa shape index (κ1) is 12.0. The average molecular weight is 222 g/mol. The lowest BCUT2D eigenvalue weighted by Gasteiger charge is -2.08. The molecule has 0 saturated carbocycles. The summed E-state index contributed by atoms with van der Waals surface area (Å²) in [6, 6.07) is 2.41. The van der Waals surface area contributed by atoms with Crippen molar-refractivity contribution in [3.63, 3.8) is 0 Å². The maximum absolute atomic E-state index is 12.8. The minimum Gasteiger partial charge on any atom is -0.396 e. The Morgan fingerprint density at radius 3 is 2.33 bits per heavy atom. The molecule has 1 N–H and O–H groups in total. The van der Waals surface area contributed by atoms with Gasteiger partial charge in [0.05, 0.1) is 5.56 Å². The summed E-state index contributed by atoms with van der Waals surface area (Å²) in [5, 5.41) is 8.51. The summed E-state index contributed by atoms with van der Waals surface area (Å²) in [5.41, 5.74) is -0.744. The van der Waals surface area contributed by atoms with Gasteiger partial charge in [-0.3, -0.25) is 0 Å². The molecule has 1 nitrogen and oxygen atoms in total. The van der Waals surface area contributed by atoms with E-state index in [0.717, 1.165) is 12.1 Å². The number of aryl methyl sites for hydroxylation is 1. The number of aliphatic hydroxyl groups excluding tert-OH is 1. The first-order valence-electron chi connectivity index (χ1n) is 4.41. The number of hydrogen-bond acceptors (Lipinski definition) is 1. The summed E-state index contributed by atoms with van der Waals surface area (Å²) < 4.78 is 49.6. The van der Waals surface area contributed by atoms with E-state index in [2.05, 4.69) is 0 Å². The van der Waals surface area contributed by atoms with Gasteiger partial charge >= 0.3 is 6.18 Å². The van der Waals surface area contributed by atoms with Crippen molar-refractivity contribution in [3.8, 4) is 0 Å². The third-order valence-corrected chi connectivity index (χ3v) is 1.91. The van der Waals surface area contributed by atoms with Crippen molar-refractivity contribution in [2.24, 2.45) is 0 Å². The fourth-order valence-electron chi connectivity index (χ4n) is 1.24. The Hall–Kier alpha value is -1.10. The van der Waals surface area contributed by atoms with Crippen LogP contribution in [-0.2, 0) is 12.6 Å². The van der Waals surface area contributed by atoms with E-state index in [1.54, 1.807) is 0 Å². The zero-order chi connectivity index (χ0) is 11.5. The molecule has 15 heavy (non-hydrogen) atoms. The van der Waals surface area contributed by atoms with Gasteiger partial charge in [0.2, 0.25) is 0 Å². The smallest absolute Gasteiger partial charge is 0.396 e. The molecule has 0 aromatic heterocycles. The van der Waals surface area contributed by atoms with Crippen molar-refractivity contribution in [2.75, 3.05) is 6.61 Å². The topological polar surface area (TPSA) is 20.2 Å². The van der Waals surface area contributed by atoms with Gasteiger partial charge in [-0.2, -0.15) is 13.2 Å². The van der Waals surface area contributed by atoms with Crippen LogP contribution in [0.3, 0.4) is 0 Å². The van der Waals surface area contributed by atoms with Crippen LogP contribution >= 0.6 is 0 Å². The van der Waals surface area contributed by atoms with Crippen molar-refractivity contribution in [2.45, 2.75) is 19.0 Å². The van der Waals surface area contributed by atoms with Crippen LogP contribution in [0, 0.1) is 5.82 Å². The predicted octanol–water partition coefficient (Wildman–Crippen LogP) is 2.77. The third-order valence-electron chi connectivity index (χ3n) is 1.91. The molecule has 0 fully saturated rings. The summed E-state index contributed by atoms with van der Waals surface area (Å²) in [6.07, 6.45) is -3.98. The molecule has 5 heteroatoms. The van der Waals surface area contributed by atoms with Crippen molar-refractivity contribution < 1.29 is 22.7 Å². The van der Waals surface area contributed by atoms with Gasteiger partial charge in [0.25, 0.3) is 0 Å². The Kier molecular flexibility index (Phi) is 3.68. The van der Waals surface area contributed by atoms with Crippen LogP contribution in [0.15, 0.2) is 18.2 Å². The molecular weight excluding hydrogens is 212 g/mol. The van der Waals surface area contributed by atoms with Gasteiger partial charge in [-0.1, -0.05) is 0 Å². The maximum Gasteiger partial charge on any atom is 0.416 e. The van der Waals surface area contributed by atoms with E-state index < -0.39 is 17.6 Å². The highest BCUT2D eigenvalue weighted by Gasteiger charge is 2.31. The van der Waals surface area contributed by atoms with Crippen molar-refractivity contribution in [1.29, 1.82) is 0 Å². The highest BCUT2D eigenvalue weighted by atomic mass is 19.4. The zero-order valence-electron chi connectivity index (χ0n) is 7.81. The molecule has 0 spiro atoms. The molecule has 1 aromatic carbocycles. The molecule has 0 aliphatic carbocycles. The quantitative estimate of drug-likeness (QED) is 0.779. The fourth-order valence-corrected chi connectivity index (χ4v) is 1.24. The van der Waals surface area contributed by atoms with E-state index in [1.165, 1.54) is 0 Å². The monoisotopic (exact) mass is 222 g/mol. The van der Waals surface area contributed by atoms with E-state index in [0.29, 0.717) is 12.5 Å². The Bertz CT molecular complexity index is 333. The van der Waals surface area contributed by atoms with Gasteiger partial charge < -0.3 is 5.11 Å². The van der Waals surface area contributed by atoms with Crippen LogP contribution in [0.4, 0.5) is 17.6 Å². The standard InChI is InChI=1S/C10H10F4O/c11-9-5-7(2-1-3-15)4-8(6-9)10(12,13)14/h4-6,15H,1-3H2. The lowest BCUT2D eigenvalue weighted by molar-refractivity contribution is -0.137. The lowest BCUT2D eigenvalue weighted by Crippen LogP contribution is -2.06. The second kappa shape index (κ2) is 4.61. The summed E-state index contributed by atoms with van der Waals surface area (Å²) in [5.74, 6) is -0.905. The largest absolute Gasteiger partial charge is 0.416 e. The number of benzene rings is 1. The molecule has 0 saturated heterocycles. The van der Waals surface area contributed by atoms with E-state index in [9.17, 15) is 17.6 Å². The van der Waals surface area contributed by atoms with Gasteiger partial charge in [0.1, 0.15) is 5.82 Å². The molecular formula is C10H10F4O. The van der Waals surface area contributed by atoms with Gasteiger partial charge in [-0.15, -0.1) is 0 Å². The number of alkyl halides is 3. The first-order valence-corrected chi connectivity index (χ1v) is 4.41. The molecule has 0 bridgehead atoms. The normalized spacial score (nSPS) is 11.8. The number of halogens is 4. The minimum atomic E-state index is -4.53. The minimum absolute atomic E-state index is 0.127. The van der Waals surface area contributed by atoms with Crippen LogP contribution in [0.1, 0.15) is 17.5 Å². The summed E-state index contributed by atoms with van der Waals surface area (Å²) in [6.45, 7) is -0.127. The zero-order valence-corrected chi connectivity index (χ0v) is 7.81. The van der Waals surface area contributed by atoms with Crippen LogP contribution in [-0.4, -0.2) is 11.7 Å². The summed E-state index contributed by atoms with van der Waals surface area (Å²) in [7, 11) is 0. The number of aliphatic hydroxyl groups is 1. The fraction of sp³-hybridized carbons (Fsp3) is 0.400. The van der Waals surface area contributed by atoms with Gasteiger partial charge in [-0.05, 0) is 36.6 Å². The molecule has 0 radical (unpaired) electrons. The Labute approximate surface area is 84.3 Å². The molecule has 1 rings (SSSR count). The molecule has 0 unspecified atom stereocenters. The van der Waals surface area contributed by atoms with Gasteiger partial charge in [0.15, 0.2) is 0 Å². The SMILES string of the molecule is OCCCc1cc(F)cc(C(F)(F)F)c1. The van der Waals surface area contributed by atoms with Crippen molar-refractivity contribution in [3.05, 3.63) is 35.1 Å². The Morgan fingerprint density at radius 2 is 1.80 bits per heavy atom. The third kappa shape index (κ3) is 3.51. The Balaban J connectivity index is 2.95. The molecule has 0 aliphatic heterocycles. The van der Waals surface area contributed by atoms with E-state index in [-0.39, 0.29) is 18.6 Å². The Morgan fingerprint density at radius 1 is 1.13 bits per heavy atom. The second-order valence-electron chi connectivity index (χ2n) is 3.17. The van der Waals surface area contributed by atoms with Crippen LogP contribution in [0.5, 0.6) is 0 Å². The van der Waals surface area contributed by atoms with Crippen LogP contribution < -0.4 is 0 Å². The molecule has 0 amide bonds. The van der Waals surface area contributed by atoms with Crippen LogP contribution in [0.2, 0.25) is 0 Å². The predicted molar refractivity (Wildman–Crippen MR) is 46.8 cm³/mol. The van der Waals surface area contributed by atoms with Crippen LogP contribution in [0.25, 0.3) is 0 Å². The van der Waals surface area contributed by atoms with Gasteiger partial charge in [-0.25, -0.2) is 4.39 Å². The van der Waals surface area contributed by atoms with Gasteiger partial charge in [0, 0.05) is 6.61 Å². The summed E-state index contributed by atoms with van der Waals surface area (Å²) >= 11 is 0. The molecule has 0 aliphatic rings. The molecule has 0 heterocycles. The van der Waals surface area contributed by atoms with E-state index in [1.807, 2.05) is 0 Å². The average Bonchev–Trinajstić information content (AvgIpc) is 2.12. The van der Waals surface area contributed by atoms with E-state index >= 15 is 0 Å². The molecule has 0 atom stereocenters. The second-order valence-corrected chi connectivity index (χ2v) is 3.17. The maximum atomic E-state index is 12.8. The lowest BCUT2D eigenvalue weighted by atomic mass is 10.1. The molecule has 1 aromatic rings. The van der Waals surface area contributed by atoms with Crippen molar-refractivity contribution in [1.82, 2.24) is 0 Å². The van der Waals surface area contributed by atoms with E-state index in [4.69, 9.17) is 5.11 Å². The number of hydrogen-bond donors (Lipinski definition) is 1.